The average Bonchev–Trinajstić information content (AvgIpc) is 2.85. The number of nitrogens with zero attached hydrogens (tertiary/aromatic N) is 1. The molecule has 0 bridgehead atoms. The van der Waals surface area contributed by atoms with Gasteiger partial charge in [-0.05, 0) is 35.7 Å². The van der Waals surface area contributed by atoms with Crippen molar-refractivity contribution in [3.8, 4) is 5.75 Å². The van der Waals surface area contributed by atoms with Crippen LogP contribution in [0.25, 0.3) is 0 Å². The summed E-state index contributed by atoms with van der Waals surface area (Å²) in [4.78, 5) is 27.9. The standard InChI is InChI=1S/C27H29ClN2O3/c1-29-27(32)25(19-21-11-4-2-5-12-21)30(20-22-13-8-9-16-24(22)28)26(31)17-10-18-33-23-14-6-3-7-15-23/h2-9,11-16,25H,10,17-20H2,1H3,(H,29,32)/t25-/m0/s1. The van der Waals surface area contributed by atoms with Crippen LogP contribution in [-0.4, -0.2) is 36.4 Å². The van der Waals surface area contributed by atoms with Crippen LogP contribution in [0.3, 0.4) is 0 Å². The number of hydrogen-bond acceptors (Lipinski definition) is 3. The summed E-state index contributed by atoms with van der Waals surface area (Å²) >= 11 is 6.39. The van der Waals surface area contributed by atoms with Crippen molar-refractivity contribution in [2.75, 3.05) is 13.7 Å². The first-order valence-electron chi connectivity index (χ1n) is 11.0. The van der Waals surface area contributed by atoms with Crippen LogP contribution in [0.4, 0.5) is 0 Å². The van der Waals surface area contributed by atoms with Crippen LogP contribution < -0.4 is 10.1 Å². The summed E-state index contributed by atoms with van der Waals surface area (Å²) in [6.45, 7) is 0.669. The van der Waals surface area contributed by atoms with E-state index >= 15 is 0 Å². The minimum Gasteiger partial charge on any atom is -0.494 e. The summed E-state index contributed by atoms with van der Waals surface area (Å²) in [5.74, 6) is 0.445. The van der Waals surface area contributed by atoms with Gasteiger partial charge >= 0.3 is 0 Å². The van der Waals surface area contributed by atoms with Gasteiger partial charge in [0.15, 0.2) is 0 Å². The maximum atomic E-state index is 13.4. The van der Waals surface area contributed by atoms with E-state index in [9.17, 15) is 9.59 Å². The lowest BCUT2D eigenvalue weighted by Crippen LogP contribution is -2.49. The van der Waals surface area contributed by atoms with Gasteiger partial charge < -0.3 is 15.0 Å². The van der Waals surface area contributed by atoms with E-state index in [1.165, 1.54) is 0 Å². The molecule has 0 aliphatic heterocycles. The van der Waals surface area contributed by atoms with Crippen LogP contribution in [0.2, 0.25) is 5.02 Å². The predicted molar refractivity (Wildman–Crippen MR) is 131 cm³/mol. The molecule has 0 aliphatic rings. The molecule has 0 radical (unpaired) electrons. The molecule has 0 spiro atoms. The van der Waals surface area contributed by atoms with Gasteiger partial charge in [0.1, 0.15) is 11.8 Å². The molecule has 0 saturated carbocycles. The van der Waals surface area contributed by atoms with E-state index < -0.39 is 6.04 Å². The Morgan fingerprint density at radius 3 is 2.24 bits per heavy atom. The van der Waals surface area contributed by atoms with Crippen LogP contribution in [-0.2, 0) is 22.6 Å². The molecule has 0 aromatic heterocycles. The highest BCUT2D eigenvalue weighted by atomic mass is 35.5. The van der Waals surface area contributed by atoms with Gasteiger partial charge in [-0.15, -0.1) is 0 Å². The summed E-state index contributed by atoms with van der Waals surface area (Å²) in [6, 6.07) is 25.9. The molecule has 33 heavy (non-hydrogen) atoms. The van der Waals surface area contributed by atoms with Crippen LogP contribution in [0.1, 0.15) is 24.0 Å². The van der Waals surface area contributed by atoms with Gasteiger partial charge in [-0.25, -0.2) is 0 Å². The number of para-hydroxylation sites is 1. The third-order valence-corrected chi connectivity index (χ3v) is 5.73. The van der Waals surface area contributed by atoms with Crippen LogP contribution >= 0.6 is 11.6 Å². The molecule has 1 N–H and O–H groups in total. The van der Waals surface area contributed by atoms with Gasteiger partial charge in [0.05, 0.1) is 6.61 Å². The summed E-state index contributed by atoms with van der Waals surface area (Å²) in [7, 11) is 1.59. The number of rotatable bonds is 11. The van der Waals surface area contributed by atoms with Gasteiger partial charge in [0.2, 0.25) is 11.8 Å². The Kier molecular flexibility index (Phi) is 9.33. The molecule has 3 rings (SSSR count). The summed E-state index contributed by atoms with van der Waals surface area (Å²) in [5.41, 5.74) is 1.78. The van der Waals surface area contributed by atoms with Crippen molar-refractivity contribution in [2.45, 2.75) is 31.8 Å². The smallest absolute Gasteiger partial charge is 0.242 e. The Hall–Kier alpha value is -3.31. The fourth-order valence-corrected chi connectivity index (χ4v) is 3.80. The molecule has 0 saturated heterocycles. The molecular formula is C27H29ClN2O3. The number of carbonyl (C=O) groups excluding carboxylic acids is 2. The van der Waals surface area contributed by atoms with Crippen LogP contribution in [0.15, 0.2) is 84.9 Å². The second kappa shape index (κ2) is 12.7. The molecular weight excluding hydrogens is 436 g/mol. The minimum atomic E-state index is -0.656. The van der Waals surface area contributed by atoms with Crippen molar-refractivity contribution < 1.29 is 14.3 Å². The molecule has 3 aromatic rings. The van der Waals surface area contributed by atoms with Gasteiger partial charge in [-0.3, -0.25) is 9.59 Å². The van der Waals surface area contributed by atoms with E-state index in [1.54, 1.807) is 18.0 Å². The van der Waals surface area contributed by atoms with Gasteiger partial charge in [-0.2, -0.15) is 0 Å². The molecule has 0 unspecified atom stereocenters. The Morgan fingerprint density at radius 2 is 1.58 bits per heavy atom. The highest BCUT2D eigenvalue weighted by Crippen LogP contribution is 2.21. The van der Waals surface area contributed by atoms with Crippen molar-refractivity contribution in [3.63, 3.8) is 0 Å². The zero-order valence-corrected chi connectivity index (χ0v) is 19.5. The Bertz CT molecular complexity index is 1030. The maximum absolute atomic E-state index is 13.4. The van der Waals surface area contributed by atoms with Crippen LogP contribution in [0, 0.1) is 0 Å². The van der Waals surface area contributed by atoms with E-state index in [0.717, 1.165) is 16.9 Å². The molecule has 6 heteroatoms. The van der Waals surface area contributed by atoms with Crippen molar-refractivity contribution in [1.29, 1.82) is 0 Å². The quantitative estimate of drug-likeness (QED) is 0.411. The summed E-state index contributed by atoms with van der Waals surface area (Å²) in [6.07, 6.45) is 1.22. The van der Waals surface area contributed by atoms with E-state index in [1.807, 2.05) is 78.9 Å². The zero-order chi connectivity index (χ0) is 23.5. The second-order valence-electron chi connectivity index (χ2n) is 7.70. The van der Waals surface area contributed by atoms with E-state index in [0.29, 0.717) is 24.5 Å². The van der Waals surface area contributed by atoms with E-state index in [-0.39, 0.29) is 24.8 Å². The lowest BCUT2D eigenvalue weighted by atomic mass is 10.0. The molecule has 0 aliphatic carbocycles. The van der Waals surface area contributed by atoms with Gasteiger partial charge in [-0.1, -0.05) is 78.3 Å². The minimum absolute atomic E-state index is 0.115. The fourth-order valence-electron chi connectivity index (χ4n) is 3.60. The number of likely N-dealkylation sites (N-methyl/N-ethyl adjacent to an activating group) is 1. The highest BCUT2D eigenvalue weighted by Gasteiger charge is 2.29. The zero-order valence-electron chi connectivity index (χ0n) is 18.7. The number of benzene rings is 3. The van der Waals surface area contributed by atoms with Crippen LogP contribution in [0.5, 0.6) is 5.75 Å². The number of hydrogen-bond donors (Lipinski definition) is 1. The van der Waals surface area contributed by atoms with E-state index in [2.05, 4.69) is 5.32 Å². The molecule has 172 valence electrons. The SMILES string of the molecule is CNC(=O)[C@H](Cc1ccccc1)N(Cc1ccccc1Cl)C(=O)CCCOc1ccccc1. The lowest BCUT2D eigenvalue weighted by molar-refractivity contribution is -0.141. The topological polar surface area (TPSA) is 58.6 Å². The van der Waals surface area contributed by atoms with Crippen molar-refractivity contribution in [3.05, 3.63) is 101 Å². The maximum Gasteiger partial charge on any atom is 0.242 e. The van der Waals surface area contributed by atoms with Crippen molar-refractivity contribution in [2.24, 2.45) is 0 Å². The molecule has 0 fully saturated rings. The fraction of sp³-hybridized carbons (Fsp3) is 0.259. The van der Waals surface area contributed by atoms with Crippen molar-refractivity contribution >= 4 is 23.4 Å². The number of amides is 2. The molecule has 0 heterocycles. The third-order valence-electron chi connectivity index (χ3n) is 5.36. The monoisotopic (exact) mass is 464 g/mol. The number of carbonyl (C=O) groups is 2. The molecule has 5 nitrogen and oxygen atoms in total. The van der Waals surface area contributed by atoms with Gasteiger partial charge in [0.25, 0.3) is 0 Å². The number of ether oxygens (including phenoxy) is 1. The second-order valence-corrected chi connectivity index (χ2v) is 8.11. The lowest BCUT2D eigenvalue weighted by Gasteiger charge is -2.31. The number of nitrogens with one attached hydrogen (secondary N) is 1. The summed E-state index contributed by atoms with van der Waals surface area (Å²) in [5, 5.41) is 3.29. The predicted octanol–water partition coefficient (Wildman–Crippen LogP) is 4.89. The Labute approximate surface area is 200 Å². The molecule has 2 amide bonds. The first-order chi connectivity index (χ1) is 16.1. The van der Waals surface area contributed by atoms with E-state index in [4.69, 9.17) is 16.3 Å². The highest BCUT2D eigenvalue weighted by molar-refractivity contribution is 6.31. The normalized spacial score (nSPS) is 11.5. The third kappa shape index (κ3) is 7.36. The molecule has 3 aromatic carbocycles. The summed E-state index contributed by atoms with van der Waals surface area (Å²) < 4.78 is 5.73. The van der Waals surface area contributed by atoms with Gasteiger partial charge in [0, 0.05) is 31.5 Å². The van der Waals surface area contributed by atoms with Crippen molar-refractivity contribution in [1.82, 2.24) is 10.2 Å². The Morgan fingerprint density at radius 1 is 0.939 bits per heavy atom. The number of halogens is 1. The molecule has 1 atom stereocenters. The average molecular weight is 465 g/mol. The largest absolute Gasteiger partial charge is 0.494 e. The Balaban J connectivity index is 1.76. The first kappa shape index (κ1) is 24.3. The first-order valence-corrected chi connectivity index (χ1v) is 11.4.